The Hall–Kier alpha value is -3.38. The second kappa shape index (κ2) is 8.75. The minimum atomic E-state index is -0.266. The normalized spacial score (nSPS) is 11.0. The Labute approximate surface area is 167 Å². The molecule has 0 spiro atoms. The van der Waals surface area contributed by atoms with Crippen LogP contribution in [0.15, 0.2) is 78.9 Å². The van der Waals surface area contributed by atoms with Crippen molar-refractivity contribution in [3.05, 3.63) is 107 Å². The minimum Gasteiger partial charge on any atom is -0.307 e. The standard InChI is InChI=1S/C23H20F2N4/c24-20-10-6-17(7-11-20)14-26-15-22-23(19-4-2-1-3-5-19)28-29(27-22)16-18-8-12-21(25)13-9-18/h1-13,26H,14-16H2. The van der Waals surface area contributed by atoms with Crippen molar-refractivity contribution in [2.45, 2.75) is 19.6 Å². The molecule has 0 unspecified atom stereocenters. The van der Waals surface area contributed by atoms with Crippen LogP contribution in [0, 0.1) is 11.6 Å². The van der Waals surface area contributed by atoms with Crippen molar-refractivity contribution < 1.29 is 8.78 Å². The minimum absolute atomic E-state index is 0.246. The molecule has 6 heteroatoms. The Morgan fingerprint density at radius 2 is 1.31 bits per heavy atom. The first-order valence-electron chi connectivity index (χ1n) is 9.36. The smallest absolute Gasteiger partial charge is 0.123 e. The summed E-state index contributed by atoms with van der Waals surface area (Å²) in [5, 5.41) is 12.6. The summed E-state index contributed by atoms with van der Waals surface area (Å²) in [6, 6.07) is 22.6. The fraction of sp³-hybridized carbons (Fsp3) is 0.130. The highest BCUT2D eigenvalue weighted by atomic mass is 19.1. The van der Waals surface area contributed by atoms with E-state index < -0.39 is 0 Å². The largest absolute Gasteiger partial charge is 0.307 e. The molecule has 1 heterocycles. The molecule has 0 aliphatic rings. The average Bonchev–Trinajstić information content (AvgIpc) is 3.14. The lowest BCUT2D eigenvalue weighted by Gasteiger charge is -2.04. The zero-order valence-corrected chi connectivity index (χ0v) is 15.7. The molecule has 4 nitrogen and oxygen atoms in total. The zero-order valence-electron chi connectivity index (χ0n) is 15.7. The number of benzene rings is 3. The molecule has 0 aliphatic heterocycles. The van der Waals surface area contributed by atoms with Gasteiger partial charge < -0.3 is 5.32 Å². The monoisotopic (exact) mass is 390 g/mol. The van der Waals surface area contributed by atoms with E-state index in [0.717, 1.165) is 28.1 Å². The molecular formula is C23H20F2N4. The molecule has 1 aromatic heterocycles. The predicted molar refractivity (Wildman–Crippen MR) is 108 cm³/mol. The average molecular weight is 390 g/mol. The van der Waals surface area contributed by atoms with E-state index in [9.17, 15) is 8.78 Å². The predicted octanol–water partition coefficient (Wildman–Crippen LogP) is 4.56. The van der Waals surface area contributed by atoms with Gasteiger partial charge >= 0.3 is 0 Å². The summed E-state index contributed by atoms with van der Waals surface area (Å²) >= 11 is 0. The van der Waals surface area contributed by atoms with Gasteiger partial charge in [-0.25, -0.2) is 8.78 Å². The molecule has 0 fully saturated rings. The molecule has 1 N–H and O–H groups in total. The molecule has 0 atom stereocenters. The van der Waals surface area contributed by atoms with E-state index in [-0.39, 0.29) is 11.6 Å². The number of halogens is 2. The van der Waals surface area contributed by atoms with Crippen LogP contribution in [-0.4, -0.2) is 15.0 Å². The maximum absolute atomic E-state index is 13.1. The van der Waals surface area contributed by atoms with Gasteiger partial charge in [-0.3, -0.25) is 0 Å². The SMILES string of the molecule is Fc1ccc(CNCc2nn(Cc3ccc(F)cc3)nc2-c2ccccc2)cc1. The van der Waals surface area contributed by atoms with E-state index in [1.54, 1.807) is 29.1 Å². The van der Waals surface area contributed by atoms with Gasteiger partial charge in [0.1, 0.15) is 23.0 Å². The fourth-order valence-electron chi connectivity index (χ4n) is 3.07. The second-order valence-corrected chi connectivity index (χ2v) is 6.75. The van der Waals surface area contributed by atoms with E-state index in [1.165, 1.54) is 24.3 Å². The van der Waals surface area contributed by atoms with Gasteiger partial charge in [0.2, 0.25) is 0 Å². The maximum Gasteiger partial charge on any atom is 0.123 e. The van der Waals surface area contributed by atoms with Crippen molar-refractivity contribution in [3.63, 3.8) is 0 Å². The van der Waals surface area contributed by atoms with Crippen LogP contribution in [0.4, 0.5) is 8.78 Å². The van der Waals surface area contributed by atoms with Gasteiger partial charge in [-0.05, 0) is 35.4 Å². The first kappa shape index (κ1) is 19.0. The van der Waals surface area contributed by atoms with Crippen LogP contribution in [0.5, 0.6) is 0 Å². The summed E-state index contributed by atoms with van der Waals surface area (Å²) in [7, 11) is 0. The summed E-state index contributed by atoms with van der Waals surface area (Å²) in [4.78, 5) is 1.63. The van der Waals surface area contributed by atoms with Crippen LogP contribution in [0.25, 0.3) is 11.3 Å². The zero-order chi connectivity index (χ0) is 20.1. The highest BCUT2D eigenvalue weighted by Crippen LogP contribution is 2.20. The number of nitrogens with one attached hydrogen (secondary N) is 1. The fourth-order valence-corrected chi connectivity index (χ4v) is 3.07. The molecule has 4 aromatic rings. The molecule has 0 radical (unpaired) electrons. The first-order valence-corrected chi connectivity index (χ1v) is 9.36. The Balaban J connectivity index is 1.53. The van der Waals surface area contributed by atoms with E-state index in [4.69, 9.17) is 0 Å². The molecule has 29 heavy (non-hydrogen) atoms. The molecule has 0 saturated carbocycles. The third-order valence-corrected chi connectivity index (χ3v) is 4.54. The van der Waals surface area contributed by atoms with Crippen molar-refractivity contribution in [3.8, 4) is 11.3 Å². The van der Waals surface area contributed by atoms with Gasteiger partial charge in [0.25, 0.3) is 0 Å². The van der Waals surface area contributed by atoms with Crippen molar-refractivity contribution in [1.29, 1.82) is 0 Å². The van der Waals surface area contributed by atoms with E-state index in [1.807, 2.05) is 30.3 Å². The molecule has 3 aromatic carbocycles. The van der Waals surface area contributed by atoms with Crippen LogP contribution in [0.1, 0.15) is 16.8 Å². The molecule has 4 rings (SSSR count). The third-order valence-electron chi connectivity index (χ3n) is 4.54. The van der Waals surface area contributed by atoms with Crippen LogP contribution in [0.2, 0.25) is 0 Å². The Kier molecular flexibility index (Phi) is 5.72. The van der Waals surface area contributed by atoms with Crippen LogP contribution in [-0.2, 0) is 19.6 Å². The Bertz CT molecular complexity index is 1060. The Morgan fingerprint density at radius 3 is 1.97 bits per heavy atom. The van der Waals surface area contributed by atoms with Crippen LogP contribution >= 0.6 is 0 Å². The summed E-state index contributed by atoms with van der Waals surface area (Å²) in [5.41, 5.74) is 4.52. The lowest BCUT2D eigenvalue weighted by Crippen LogP contribution is -2.14. The Morgan fingerprint density at radius 1 is 0.690 bits per heavy atom. The second-order valence-electron chi connectivity index (χ2n) is 6.75. The molecule has 0 saturated heterocycles. The number of aromatic nitrogens is 3. The van der Waals surface area contributed by atoms with Crippen LogP contribution in [0.3, 0.4) is 0 Å². The van der Waals surface area contributed by atoms with E-state index in [2.05, 4.69) is 15.5 Å². The van der Waals surface area contributed by atoms with E-state index >= 15 is 0 Å². The topological polar surface area (TPSA) is 42.7 Å². The van der Waals surface area contributed by atoms with Crippen molar-refractivity contribution in [1.82, 2.24) is 20.3 Å². The van der Waals surface area contributed by atoms with Gasteiger partial charge in [-0.2, -0.15) is 15.0 Å². The lowest BCUT2D eigenvalue weighted by atomic mass is 10.1. The molecular weight excluding hydrogens is 370 g/mol. The summed E-state index contributed by atoms with van der Waals surface area (Å²) in [6.45, 7) is 1.57. The molecule has 0 amide bonds. The third kappa shape index (κ3) is 4.92. The number of rotatable bonds is 7. The highest BCUT2D eigenvalue weighted by Gasteiger charge is 2.13. The lowest BCUT2D eigenvalue weighted by molar-refractivity contribution is 0.574. The number of hydrogen-bond acceptors (Lipinski definition) is 3. The summed E-state index contributed by atoms with van der Waals surface area (Å²) in [5.74, 6) is -0.512. The van der Waals surface area contributed by atoms with Gasteiger partial charge in [-0.1, -0.05) is 54.6 Å². The highest BCUT2D eigenvalue weighted by molar-refractivity contribution is 5.60. The van der Waals surface area contributed by atoms with Crippen molar-refractivity contribution >= 4 is 0 Å². The van der Waals surface area contributed by atoms with Gasteiger partial charge in [-0.15, -0.1) is 0 Å². The summed E-state index contributed by atoms with van der Waals surface area (Å²) < 4.78 is 26.2. The van der Waals surface area contributed by atoms with Crippen LogP contribution < -0.4 is 5.32 Å². The van der Waals surface area contributed by atoms with Crippen molar-refractivity contribution in [2.75, 3.05) is 0 Å². The molecule has 146 valence electrons. The summed E-state index contributed by atoms with van der Waals surface area (Å²) in [6.07, 6.45) is 0. The molecule has 0 bridgehead atoms. The quantitative estimate of drug-likeness (QED) is 0.503. The van der Waals surface area contributed by atoms with E-state index in [0.29, 0.717) is 19.6 Å². The maximum atomic E-state index is 13.1. The number of nitrogens with zero attached hydrogens (tertiary/aromatic N) is 3. The first-order chi connectivity index (χ1) is 14.2. The number of hydrogen-bond donors (Lipinski definition) is 1. The van der Waals surface area contributed by atoms with Gasteiger partial charge in [0.05, 0.1) is 6.54 Å². The van der Waals surface area contributed by atoms with Gasteiger partial charge in [0.15, 0.2) is 0 Å². The van der Waals surface area contributed by atoms with Gasteiger partial charge in [0, 0.05) is 18.7 Å². The molecule has 0 aliphatic carbocycles. The van der Waals surface area contributed by atoms with Crippen molar-refractivity contribution in [2.24, 2.45) is 0 Å².